The van der Waals surface area contributed by atoms with Gasteiger partial charge in [0.15, 0.2) is 0 Å². The molecule has 1 amide bonds. The fraction of sp³-hybridized carbons (Fsp3) is 0.364. The van der Waals surface area contributed by atoms with Gasteiger partial charge < -0.3 is 10.2 Å². The van der Waals surface area contributed by atoms with E-state index in [2.05, 4.69) is 10.2 Å². The van der Waals surface area contributed by atoms with Crippen LogP contribution in [0.4, 0.5) is 0 Å². The smallest absolute Gasteiger partial charge is 0.252 e. The molecular formula is C22H22ClN3OS. The molecule has 6 heteroatoms. The summed E-state index contributed by atoms with van der Waals surface area (Å²) in [6.45, 7) is 2.18. The van der Waals surface area contributed by atoms with Crippen LogP contribution in [0.2, 0.25) is 4.34 Å². The zero-order chi connectivity index (χ0) is 19.1. The highest BCUT2D eigenvalue weighted by Crippen LogP contribution is 2.33. The summed E-state index contributed by atoms with van der Waals surface area (Å²) < 4.78 is 0.721. The number of hydrogen-bond donors (Lipinski definition) is 1. The van der Waals surface area contributed by atoms with Crippen molar-refractivity contribution in [2.75, 3.05) is 13.1 Å². The molecule has 1 aromatic carbocycles. The van der Waals surface area contributed by atoms with Gasteiger partial charge in [-0.05, 0) is 49.9 Å². The van der Waals surface area contributed by atoms with Gasteiger partial charge in [-0.2, -0.15) is 0 Å². The molecule has 4 nitrogen and oxygen atoms in total. The highest BCUT2D eigenvalue weighted by atomic mass is 35.5. The number of likely N-dealkylation sites (tertiary alicyclic amines) is 1. The second-order valence-electron chi connectivity index (χ2n) is 7.69. The van der Waals surface area contributed by atoms with Crippen molar-refractivity contribution in [1.29, 1.82) is 0 Å². The number of amides is 1. The summed E-state index contributed by atoms with van der Waals surface area (Å²) in [7, 11) is 0. The lowest BCUT2D eigenvalue weighted by Gasteiger charge is -2.32. The number of nitrogens with one attached hydrogen (secondary N) is 1. The van der Waals surface area contributed by atoms with Crippen molar-refractivity contribution in [1.82, 2.24) is 15.2 Å². The van der Waals surface area contributed by atoms with E-state index < -0.39 is 0 Å². The molecular weight excluding hydrogens is 390 g/mol. The molecule has 144 valence electrons. The first kappa shape index (κ1) is 18.1. The Bertz CT molecular complexity index is 1020. The minimum atomic E-state index is -0.00706. The second-order valence-corrected chi connectivity index (χ2v) is 9.41. The van der Waals surface area contributed by atoms with Gasteiger partial charge in [0.05, 0.1) is 26.0 Å². The van der Waals surface area contributed by atoms with E-state index in [0.29, 0.717) is 5.56 Å². The van der Waals surface area contributed by atoms with Crippen LogP contribution in [0.3, 0.4) is 0 Å². The summed E-state index contributed by atoms with van der Waals surface area (Å²) in [5.74, 6) is -0.00706. The standard InChI is InChI=1S/C22H22ClN3OS/c23-21-8-7-20(28-21)19-13-17(16-3-1-2-4-18(16)25-19)22(27)24-14-9-11-26(12-10-14)15-5-6-15/h1-4,7-8,13-15H,5-6,9-12H2,(H,24,27). The number of thiophene rings is 1. The number of benzene rings is 1. The van der Waals surface area contributed by atoms with E-state index in [1.807, 2.05) is 42.5 Å². The second kappa shape index (κ2) is 7.47. The topological polar surface area (TPSA) is 45.2 Å². The highest BCUT2D eigenvalue weighted by Gasteiger charge is 2.32. The zero-order valence-electron chi connectivity index (χ0n) is 15.5. The molecule has 5 rings (SSSR count). The van der Waals surface area contributed by atoms with E-state index >= 15 is 0 Å². The molecule has 1 saturated carbocycles. The fourth-order valence-corrected chi connectivity index (χ4v) is 5.06. The molecule has 1 saturated heterocycles. The lowest BCUT2D eigenvalue weighted by molar-refractivity contribution is 0.0911. The number of aromatic nitrogens is 1. The van der Waals surface area contributed by atoms with E-state index in [9.17, 15) is 4.79 Å². The molecule has 0 bridgehead atoms. The Morgan fingerprint density at radius 1 is 1.11 bits per heavy atom. The van der Waals surface area contributed by atoms with Crippen molar-refractivity contribution < 1.29 is 4.79 Å². The number of hydrogen-bond acceptors (Lipinski definition) is 4. The third-order valence-corrected chi connectivity index (χ3v) is 6.97. The van der Waals surface area contributed by atoms with E-state index in [0.717, 1.165) is 57.8 Å². The van der Waals surface area contributed by atoms with Crippen LogP contribution >= 0.6 is 22.9 Å². The van der Waals surface area contributed by atoms with Crippen LogP contribution in [-0.2, 0) is 0 Å². The molecule has 0 radical (unpaired) electrons. The van der Waals surface area contributed by atoms with Crippen LogP contribution in [0.5, 0.6) is 0 Å². The Balaban J connectivity index is 1.41. The van der Waals surface area contributed by atoms with Gasteiger partial charge in [-0.3, -0.25) is 4.79 Å². The molecule has 2 aliphatic rings. The van der Waals surface area contributed by atoms with Crippen LogP contribution in [0.15, 0.2) is 42.5 Å². The Morgan fingerprint density at radius 2 is 1.89 bits per heavy atom. The molecule has 3 aromatic rings. The Morgan fingerprint density at radius 3 is 2.61 bits per heavy atom. The molecule has 2 fully saturated rings. The molecule has 0 atom stereocenters. The maximum Gasteiger partial charge on any atom is 0.252 e. The molecule has 1 aliphatic carbocycles. The van der Waals surface area contributed by atoms with E-state index in [1.165, 1.54) is 24.2 Å². The van der Waals surface area contributed by atoms with Crippen LogP contribution < -0.4 is 5.32 Å². The first-order chi connectivity index (χ1) is 13.7. The van der Waals surface area contributed by atoms with E-state index in [-0.39, 0.29) is 11.9 Å². The third kappa shape index (κ3) is 3.66. The number of carbonyl (C=O) groups excluding carboxylic acids is 1. The SMILES string of the molecule is O=C(NC1CCN(C2CC2)CC1)c1cc(-c2ccc(Cl)s2)nc2ccccc12. The lowest BCUT2D eigenvalue weighted by Crippen LogP contribution is -2.45. The predicted molar refractivity (Wildman–Crippen MR) is 115 cm³/mol. The predicted octanol–water partition coefficient (Wildman–Crippen LogP) is 4.97. The van der Waals surface area contributed by atoms with Gasteiger partial charge in [0.1, 0.15) is 0 Å². The van der Waals surface area contributed by atoms with Gasteiger partial charge in [-0.25, -0.2) is 4.98 Å². The van der Waals surface area contributed by atoms with Crippen molar-refractivity contribution >= 4 is 39.7 Å². The monoisotopic (exact) mass is 411 g/mol. The Hall–Kier alpha value is -1.95. The molecule has 0 unspecified atom stereocenters. The number of pyridine rings is 1. The van der Waals surface area contributed by atoms with Gasteiger partial charge in [-0.15, -0.1) is 11.3 Å². The van der Waals surface area contributed by atoms with Crippen molar-refractivity contribution in [2.24, 2.45) is 0 Å². The van der Waals surface area contributed by atoms with Crippen molar-refractivity contribution in [2.45, 2.75) is 37.8 Å². The quantitative estimate of drug-likeness (QED) is 0.659. The molecule has 1 aliphatic heterocycles. The first-order valence-electron chi connectivity index (χ1n) is 9.88. The number of fused-ring (bicyclic) bond motifs is 1. The minimum Gasteiger partial charge on any atom is -0.349 e. The zero-order valence-corrected chi connectivity index (χ0v) is 17.1. The number of rotatable bonds is 4. The van der Waals surface area contributed by atoms with Crippen molar-refractivity contribution in [3.8, 4) is 10.6 Å². The van der Waals surface area contributed by atoms with Gasteiger partial charge in [-0.1, -0.05) is 29.8 Å². The van der Waals surface area contributed by atoms with Crippen molar-refractivity contribution in [3.63, 3.8) is 0 Å². The number of carbonyl (C=O) groups is 1. The van der Waals surface area contributed by atoms with Crippen LogP contribution in [0.1, 0.15) is 36.0 Å². The minimum absolute atomic E-state index is 0.00706. The summed E-state index contributed by atoms with van der Waals surface area (Å²) in [6, 6.07) is 14.6. The van der Waals surface area contributed by atoms with E-state index in [1.54, 1.807) is 0 Å². The summed E-state index contributed by atoms with van der Waals surface area (Å²) in [5.41, 5.74) is 2.32. The average Bonchev–Trinajstić information content (AvgIpc) is 3.48. The lowest BCUT2D eigenvalue weighted by atomic mass is 10.0. The summed E-state index contributed by atoms with van der Waals surface area (Å²) >= 11 is 7.59. The number of para-hydroxylation sites is 1. The summed E-state index contributed by atoms with van der Waals surface area (Å²) in [5, 5.41) is 4.17. The number of nitrogens with zero attached hydrogens (tertiary/aromatic N) is 2. The van der Waals surface area contributed by atoms with Crippen molar-refractivity contribution in [3.05, 3.63) is 52.4 Å². The molecule has 3 heterocycles. The van der Waals surface area contributed by atoms with E-state index in [4.69, 9.17) is 16.6 Å². The van der Waals surface area contributed by atoms with Crippen LogP contribution in [-0.4, -0.2) is 41.0 Å². The number of halogens is 1. The Kier molecular flexibility index (Phi) is 4.83. The number of piperidine rings is 1. The molecule has 2 aromatic heterocycles. The summed E-state index contributed by atoms with van der Waals surface area (Å²) in [4.78, 5) is 21.5. The Labute approximate surface area is 173 Å². The maximum atomic E-state index is 13.2. The summed E-state index contributed by atoms with van der Waals surface area (Å²) in [6.07, 6.45) is 4.74. The van der Waals surface area contributed by atoms with Gasteiger partial charge >= 0.3 is 0 Å². The average molecular weight is 412 g/mol. The normalized spacial score (nSPS) is 18.5. The first-order valence-corrected chi connectivity index (χ1v) is 11.1. The maximum absolute atomic E-state index is 13.2. The largest absolute Gasteiger partial charge is 0.349 e. The fourth-order valence-electron chi connectivity index (χ4n) is 4.05. The van der Waals surface area contributed by atoms with Crippen LogP contribution in [0, 0.1) is 0 Å². The molecule has 0 spiro atoms. The highest BCUT2D eigenvalue weighted by molar-refractivity contribution is 7.19. The third-order valence-electron chi connectivity index (χ3n) is 5.71. The van der Waals surface area contributed by atoms with Gasteiger partial charge in [0.25, 0.3) is 5.91 Å². The molecule has 1 N–H and O–H groups in total. The van der Waals surface area contributed by atoms with Crippen LogP contribution in [0.25, 0.3) is 21.5 Å². The molecule has 28 heavy (non-hydrogen) atoms. The van der Waals surface area contributed by atoms with Gasteiger partial charge in [0.2, 0.25) is 0 Å². The van der Waals surface area contributed by atoms with Gasteiger partial charge in [0, 0.05) is 30.6 Å².